The van der Waals surface area contributed by atoms with E-state index in [2.05, 4.69) is 51.2 Å². The molecule has 172 valence electrons. The summed E-state index contributed by atoms with van der Waals surface area (Å²) in [4.78, 5) is 22.0. The predicted octanol–water partition coefficient (Wildman–Crippen LogP) is 3.51. The van der Waals surface area contributed by atoms with Gasteiger partial charge in [0, 0.05) is 65.4 Å². The summed E-state index contributed by atoms with van der Waals surface area (Å²) in [6.45, 7) is 12.3. The minimum atomic E-state index is 0.00942. The van der Waals surface area contributed by atoms with Crippen molar-refractivity contribution < 1.29 is 4.79 Å². The number of piperazine rings is 2. The van der Waals surface area contributed by atoms with Crippen LogP contribution in [0, 0.1) is 0 Å². The number of carbonyl (C=O) groups excluding carboxylic acids is 1. The van der Waals surface area contributed by atoms with E-state index < -0.39 is 0 Å². The van der Waals surface area contributed by atoms with Crippen LogP contribution in [0.15, 0.2) is 48.5 Å². The van der Waals surface area contributed by atoms with Crippen LogP contribution in [-0.4, -0.2) is 79.6 Å². The van der Waals surface area contributed by atoms with Crippen molar-refractivity contribution in [2.45, 2.75) is 20.0 Å². The standard InChI is InChI=1S/C25H34ClN5O/c1-2-28-11-13-29(14-12-28)20-22-8-4-3-7-21(22)19-27-25(32)31-17-15-30(16-18-31)24-10-6-5-9-23(24)26/h3-10H,2,11-20H2,1H3,(H,27,32). The molecule has 2 amide bonds. The van der Waals surface area contributed by atoms with Gasteiger partial charge in [0.15, 0.2) is 0 Å². The highest BCUT2D eigenvalue weighted by molar-refractivity contribution is 6.33. The summed E-state index contributed by atoms with van der Waals surface area (Å²) in [6, 6.07) is 16.4. The lowest BCUT2D eigenvalue weighted by molar-refractivity contribution is 0.131. The second-order valence-electron chi connectivity index (χ2n) is 8.56. The highest BCUT2D eigenvalue weighted by atomic mass is 35.5. The number of para-hydroxylation sites is 1. The van der Waals surface area contributed by atoms with Crippen molar-refractivity contribution in [1.82, 2.24) is 20.0 Å². The van der Waals surface area contributed by atoms with E-state index in [1.807, 2.05) is 29.2 Å². The number of carbonyl (C=O) groups is 1. The summed E-state index contributed by atoms with van der Waals surface area (Å²) in [5.74, 6) is 0. The van der Waals surface area contributed by atoms with Crippen molar-refractivity contribution in [3.05, 3.63) is 64.7 Å². The van der Waals surface area contributed by atoms with Gasteiger partial charge in [-0.05, 0) is 29.8 Å². The molecule has 32 heavy (non-hydrogen) atoms. The van der Waals surface area contributed by atoms with Crippen LogP contribution in [0.2, 0.25) is 5.02 Å². The molecule has 0 unspecified atom stereocenters. The van der Waals surface area contributed by atoms with Gasteiger partial charge in [-0.1, -0.05) is 54.9 Å². The molecule has 0 aliphatic carbocycles. The number of nitrogens with one attached hydrogen (secondary N) is 1. The smallest absolute Gasteiger partial charge is 0.317 e. The summed E-state index contributed by atoms with van der Waals surface area (Å²) in [5, 5.41) is 3.91. The number of hydrogen-bond acceptors (Lipinski definition) is 4. The van der Waals surface area contributed by atoms with Gasteiger partial charge in [-0.25, -0.2) is 4.79 Å². The van der Waals surface area contributed by atoms with Gasteiger partial charge in [0.05, 0.1) is 10.7 Å². The molecular weight excluding hydrogens is 422 g/mol. The zero-order valence-electron chi connectivity index (χ0n) is 19.0. The minimum Gasteiger partial charge on any atom is -0.367 e. The average Bonchev–Trinajstić information content (AvgIpc) is 2.84. The highest BCUT2D eigenvalue weighted by Crippen LogP contribution is 2.26. The van der Waals surface area contributed by atoms with Gasteiger partial charge in [0.2, 0.25) is 0 Å². The van der Waals surface area contributed by atoms with Gasteiger partial charge in [-0.15, -0.1) is 0 Å². The maximum atomic E-state index is 12.8. The number of anilines is 1. The lowest BCUT2D eigenvalue weighted by Crippen LogP contribution is -2.51. The third-order valence-electron chi connectivity index (χ3n) is 6.61. The van der Waals surface area contributed by atoms with Crippen molar-refractivity contribution >= 4 is 23.3 Å². The monoisotopic (exact) mass is 455 g/mol. The van der Waals surface area contributed by atoms with E-state index in [9.17, 15) is 4.79 Å². The van der Waals surface area contributed by atoms with Gasteiger partial charge in [0.1, 0.15) is 0 Å². The first kappa shape index (κ1) is 22.9. The first-order valence-corrected chi connectivity index (χ1v) is 12.1. The Morgan fingerprint density at radius 2 is 1.47 bits per heavy atom. The molecule has 1 N–H and O–H groups in total. The molecule has 2 aromatic rings. The van der Waals surface area contributed by atoms with Crippen LogP contribution in [0.3, 0.4) is 0 Å². The number of likely N-dealkylation sites (N-methyl/N-ethyl adjacent to an activating group) is 1. The molecule has 7 heteroatoms. The van der Waals surface area contributed by atoms with Crippen LogP contribution in [0.5, 0.6) is 0 Å². The van der Waals surface area contributed by atoms with E-state index in [-0.39, 0.29) is 6.03 Å². The zero-order chi connectivity index (χ0) is 22.3. The fourth-order valence-corrected chi connectivity index (χ4v) is 4.79. The van der Waals surface area contributed by atoms with Gasteiger partial charge in [0.25, 0.3) is 0 Å². The number of hydrogen-bond donors (Lipinski definition) is 1. The van der Waals surface area contributed by atoms with Gasteiger partial charge in [-0.2, -0.15) is 0 Å². The van der Waals surface area contributed by atoms with Crippen molar-refractivity contribution in [1.29, 1.82) is 0 Å². The Kier molecular flexibility index (Phi) is 7.90. The summed E-state index contributed by atoms with van der Waals surface area (Å²) in [6.07, 6.45) is 0. The maximum absolute atomic E-state index is 12.8. The van der Waals surface area contributed by atoms with E-state index >= 15 is 0 Å². The highest BCUT2D eigenvalue weighted by Gasteiger charge is 2.22. The van der Waals surface area contributed by atoms with Crippen LogP contribution < -0.4 is 10.2 Å². The fourth-order valence-electron chi connectivity index (χ4n) is 4.53. The van der Waals surface area contributed by atoms with E-state index in [1.165, 1.54) is 11.1 Å². The Balaban J connectivity index is 1.27. The lowest BCUT2D eigenvalue weighted by Gasteiger charge is -2.36. The minimum absolute atomic E-state index is 0.00942. The average molecular weight is 456 g/mol. The first-order chi connectivity index (χ1) is 15.6. The van der Waals surface area contributed by atoms with E-state index in [1.54, 1.807) is 0 Å². The quantitative estimate of drug-likeness (QED) is 0.723. The summed E-state index contributed by atoms with van der Waals surface area (Å²) < 4.78 is 0. The molecule has 4 rings (SSSR count). The number of urea groups is 1. The molecule has 2 aliphatic rings. The zero-order valence-corrected chi connectivity index (χ0v) is 19.7. The van der Waals surface area contributed by atoms with Crippen LogP contribution in [0.25, 0.3) is 0 Å². The first-order valence-electron chi connectivity index (χ1n) is 11.7. The molecule has 0 spiro atoms. The molecule has 6 nitrogen and oxygen atoms in total. The number of nitrogens with zero attached hydrogens (tertiary/aromatic N) is 4. The molecule has 0 aromatic heterocycles. The van der Waals surface area contributed by atoms with Gasteiger partial charge < -0.3 is 20.0 Å². The second-order valence-corrected chi connectivity index (χ2v) is 8.97. The topological polar surface area (TPSA) is 42.1 Å². The Morgan fingerprint density at radius 1 is 0.844 bits per heavy atom. The Bertz CT molecular complexity index is 891. The van der Waals surface area contributed by atoms with Crippen molar-refractivity contribution in [3.63, 3.8) is 0 Å². The number of rotatable bonds is 6. The molecule has 2 aliphatic heterocycles. The van der Waals surface area contributed by atoms with E-state index in [4.69, 9.17) is 11.6 Å². The maximum Gasteiger partial charge on any atom is 0.317 e. The molecule has 2 fully saturated rings. The number of benzene rings is 2. The van der Waals surface area contributed by atoms with Crippen LogP contribution >= 0.6 is 11.6 Å². The van der Waals surface area contributed by atoms with Crippen molar-refractivity contribution in [2.75, 3.05) is 63.8 Å². The molecule has 2 heterocycles. The molecular formula is C25H34ClN5O. The SMILES string of the molecule is CCN1CCN(Cc2ccccc2CNC(=O)N2CCN(c3ccccc3Cl)CC2)CC1. The van der Waals surface area contributed by atoms with Crippen molar-refractivity contribution in [2.24, 2.45) is 0 Å². The van der Waals surface area contributed by atoms with Crippen molar-refractivity contribution in [3.8, 4) is 0 Å². The van der Waals surface area contributed by atoms with E-state index in [0.717, 1.165) is 63.1 Å². The largest absolute Gasteiger partial charge is 0.367 e. The third kappa shape index (κ3) is 5.74. The molecule has 0 saturated carbocycles. The van der Waals surface area contributed by atoms with Gasteiger partial charge >= 0.3 is 6.03 Å². The number of halogens is 1. The Hall–Kier alpha value is -2.28. The predicted molar refractivity (Wildman–Crippen MR) is 131 cm³/mol. The second kappa shape index (κ2) is 11.0. The summed E-state index contributed by atoms with van der Waals surface area (Å²) in [7, 11) is 0. The Labute approximate surface area is 196 Å². The fraction of sp³-hybridized carbons (Fsp3) is 0.480. The molecule has 2 saturated heterocycles. The third-order valence-corrected chi connectivity index (χ3v) is 6.93. The summed E-state index contributed by atoms with van der Waals surface area (Å²) >= 11 is 6.33. The lowest BCUT2D eigenvalue weighted by atomic mass is 10.1. The molecule has 0 radical (unpaired) electrons. The summed E-state index contributed by atoms with van der Waals surface area (Å²) in [5.41, 5.74) is 3.55. The van der Waals surface area contributed by atoms with Crippen LogP contribution in [0.1, 0.15) is 18.1 Å². The normalized spacial score (nSPS) is 18.1. The molecule has 0 atom stereocenters. The number of amides is 2. The van der Waals surface area contributed by atoms with Crippen LogP contribution in [-0.2, 0) is 13.1 Å². The molecule has 0 bridgehead atoms. The van der Waals surface area contributed by atoms with Gasteiger partial charge in [-0.3, -0.25) is 4.90 Å². The van der Waals surface area contributed by atoms with E-state index in [0.29, 0.717) is 19.6 Å². The Morgan fingerprint density at radius 3 is 2.16 bits per heavy atom. The van der Waals surface area contributed by atoms with Crippen LogP contribution in [0.4, 0.5) is 10.5 Å². The molecule has 2 aromatic carbocycles.